The largest absolute Gasteiger partial charge is 0.480 e. The Morgan fingerprint density at radius 3 is 2.82 bits per heavy atom. The van der Waals surface area contributed by atoms with Gasteiger partial charge in [-0.3, -0.25) is 9.59 Å². The van der Waals surface area contributed by atoms with Crippen molar-refractivity contribution in [2.45, 2.75) is 19.4 Å². The van der Waals surface area contributed by atoms with Gasteiger partial charge in [0.1, 0.15) is 6.04 Å². The van der Waals surface area contributed by atoms with Crippen LogP contribution in [0.15, 0.2) is 24.3 Å². The number of carboxylic acid groups (broad SMARTS) is 1. The van der Waals surface area contributed by atoms with Crippen LogP contribution < -0.4 is 5.32 Å². The van der Waals surface area contributed by atoms with Crippen LogP contribution in [0.2, 0.25) is 0 Å². The Bertz CT molecular complexity index is 477. The third kappa shape index (κ3) is 3.61. The van der Waals surface area contributed by atoms with Crippen LogP contribution in [0.3, 0.4) is 0 Å². The van der Waals surface area contributed by atoms with Crippen molar-refractivity contribution in [3.05, 3.63) is 35.4 Å². The number of carbonyl (C=O) groups is 2. The monoisotopic (exact) mass is 232 g/mol. The van der Waals surface area contributed by atoms with Gasteiger partial charge in [-0.2, -0.15) is 5.26 Å². The van der Waals surface area contributed by atoms with E-state index in [0.29, 0.717) is 5.56 Å². The summed E-state index contributed by atoms with van der Waals surface area (Å²) in [5.41, 5.74) is 1.08. The first-order valence-electron chi connectivity index (χ1n) is 5.04. The molecule has 5 nitrogen and oxygen atoms in total. The van der Waals surface area contributed by atoms with Gasteiger partial charge in [-0.05, 0) is 24.6 Å². The fourth-order valence-corrected chi connectivity index (χ4v) is 1.26. The second kappa shape index (κ2) is 5.66. The number of hydrogen-bond acceptors (Lipinski definition) is 3. The molecule has 0 aliphatic rings. The van der Waals surface area contributed by atoms with E-state index in [0.717, 1.165) is 5.56 Å². The third-order valence-corrected chi connectivity index (χ3v) is 2.19. The van der Waals surface area contributed by atoms with Crippen LogP contribution >= 0.6 is 0 Å². The first kappa shape index (κ1) is 12.7. The van der Waals surface area contributed by atoms with E-state index in [1.54, 1.807) is 24.3 Å². The van der Waals surface area contributed by atoms with E-state index in [9.17, 15) is 9.59 Å². The number of nitriles is 1. The van der Waals surface area contributed by atoms with E-state index >= 15 is 0 Å². The summed E-state index contributed by atoms with van der Waals surface area (Å²) in [6, 6.07) is 7.59. The summed E-state index contributed by atoms with van der Waals surface area (Å²) in [6.45, 7) is 1.39. The van der Waals surface area contributed by atoms with Crippen molar-refractivity contribution in [1.29, 1.82) is 5.26 Å². The number of aliphatic carboxylic acids is 1. The molecule has 0 bridgehead atoms. The van der Waals surface area contributed by atoms with Gasteiger partial charge in [-0.15, -0.1) is 0 Å². The summed E-state index contributed by atoms with van der Waals surface area (Å²) in [5.74, 6) is -1.55. The molecule has 17 heavy (non-hydrogen) atoms. The number of benzene rings is 1. The average molecular weight is 232 g/mol. The van der Waals surface area contributed by atoms with Gasteiger partial charge in [0.2, 0.25) is 0 Å². The van der Waals surface area contributed by atoms with Gasteiger partial charge in [-0.1, -0.05) is 12.1 Å². The predicted molar refractivity (Wildman–Crippen MR) is 60.3 cm³/mol. The lowest BCUT2D eigenvalue weighted by Gasteiger charge is -2.09. The number of rotatable bonds is 4. The molecule has 0 aliphatic heterocycles. The molecule has 0 spiro atoms. The molecule has 2 N–H and O–H groups in total. The molecular formula is C12H12N2O3. The molecule has 0 aromatic heterocycles. The highest BCUT2D eigenvalue weighted by molar-refractivity contribution is 5.96. The molecule has 0 aliphatic carbocycles. The highest BCUT2D eigenvalue weighted by Crippen LogP contribution is 2.06. The maximum absolute atomic E-state index is 11.7. The lowest BCUT2D eigenvalue weighted by atomic mass is 10.1. The minimum absolute atomic E-state index is 0.218. The van der Waals surface area contributed by atoms with Crippen LogP contribution in [0.5, 0.6) is 0 Å². The Kier molecular flexibility index (Phi) is 4.23. The van der Waals surface area contributed by atoms with Crippen molar-refractivity contribution in [3.63, 3.8) is 0 Å². The van der Waals surface area contributed by atoms with Crippen LogP contribution in [0.25, 0.3) is 0 Å². The quantitative estimate of drug-likeness (QED) is 0.808. The zero-order valence-corrected chi connectivity index (χ0v) is 9.30. The minimum Gasteiger partial charge on any atom is -0.480 e. The van der Waals surface area contributed by atoms with Gasteiger partial charge < -0.3 is 10.4 Å². The third-order valence-electron chi connectivity index (χ3n) is 2.19. The van der Waals surface area contributed by atoms with Crippen molar-refractivity contribution >= 4 is 11.9 Å². The van der Waals surface area contributed by atoms with Crippen molar-refractivity contribution in [3.8, 4) is 6.07 Å². The molecule has 0 saturated carbocycles. The summed E-state index contributed by atoms with van der Waals surface area (Å²) in [6.07, 6.45) is 0.218. The highest BCUT2D eigenvalue weighted by atomic mass is 16.4. The van der Waals surface area contributed by atoms with Crippen LogP contribution in [0.1, 0.15) is 22.8 Å². The second-order valence-corrected chi connectivity index (χ2v) is 3.57. The second-order valence-electron chi connectivity index (χ2n) is 3.57. The van der Waals surface area contributed by atoms with Crippen molar-refractivity contribution in [2.75, 3.05) is 0 Å². The van der Waals surface area contributed by atoms with Gasteiger partial charge in [0.05, 0.1) is 12.5 Å². The first-order chi connectivity index (χ1) is 8.04. The highest BCUT2D eigenvalue weighted by Gasteiger charge is 2.15. The van der Waals surface area contributed by atoms with Crippen LogP contribution in [0, 0.1) is 11.3 Å². The fourth-order valence-electron chi connectivity index (χ4n) is 1.26. The Morgan fingerprint density at radius 2 is 2.24 bits per heavy atom. The van der Waals surface area contributed by atoms with Gasteiger partial charge in [0, 0.05) is 5.56 Å². The van der Waals surface area contributed by atoms with E-state index < -0.39 is 17.9 Å². The van der Waals surface area contributed by atoms with E-state index in [1.165, 1.54) is 6.92 Å². The number of amides is 1. The molecule has 1 atom stereocenters. The SMILES string of the molecule is CC(NC(=O)c1cccc(CC#N)c1)C(=O)O. The zero-order chi connectivity index (χ0) is 12.8. The molecule has 1 amide bonds. The topological polar surface area (TPSA) is 90.2 Å². The standard InChI is InChI=1S/C12H12N2O3/c1-8(12(16)17)14-11(15)10-4-2-3-9(7-10)5-6-13/h2-4,7-8H,5H2,1H3,(H,14,15)(H,16,17). The maximum Gasteiger partial charge on any atom is 0.325 e. The molecule has 0 saturated heterocycles. The molecule has 1 unspecified atom stereocenters. The molecule has 0 heterocycles. The van der Waals surface area contributed by atoms with E-state index in [1.807, 2.05) is 6.07 Å². The lowest BCUT2D eigenvalue weighted by Crippen LogP contribution is -2.38. The Hall–Kier alpha value is -2.35. The maximum atomic E-state index is 11.7. The van der Waals surface area contributed by atoms with E-state index in [4.69, 9.17) is 10.4 Å². The molecule has 1 aromatic carbocycles. The van der Waals surface area contributed by atoms with Crippen LogP contribution in [0.4, 0.5) is 0 Å². The van der Waals surface area contributed by atoms with Crippen LogP contribution in [-0.4, -0.2) is 23.0 Å². The molecular weight excluding hydrogens is 220 g/mol. The lowest BCUT2D eigenvalue weighted by molar-refractivity contribution is -0.138. The molecule has 5 heteroatoms. The van der Waals surface area contributed by atoms with Crippen molar-refractivity contribution < 1.29 is 14.7 Å². The first-order valence-corrected chi connectivity index (χ1v) is 5.04. The summed E-state index contributed by atoms with van der Waals surface area (Å²) in [7, 11) is 0. The van der Waals surface area contributed by atoms with Crippen molar-refractivity contribution in [1.82, 2.24) is 5.32 Å². The number of nitrogens with zero attached hydrogens (tertiary/aromatic N) is 1. The average Bonchev–Trinajstić information content (AvgIpc) is 2.29. The minimum atomic E-state index is -1.09. The fraction of sp³-hybridized carbons (Fsp3) is 0.250. The summed E-state index contributed by atoms with van der Waals surface area (Å²) in [5, 5.41) is 19.5. The van der Waals surface area contributed by atoms with Crippen molar-refractivity contribution in [2.24, 2.45) is 0 Å². The molecule has 1 rings (SSSR count). The molecule has 0 radical (unpaired) electrons. The number of carbonyl (C=O) groups excluding carboxylic acids is 1. The Labute approximate surface area is 98.7 Å². The van der Waals surface area contributed by atoms with E-state index in [2.05, 4.69) is 5.32 Å². The van der Waals surface area contributed by atoms with Gasteiger partial charge in [0.15, 0.2) is 0 Å². The molecule has 88 valence electrons. The summed E-state index contributed by atoms with van der Waals surface area (Å²) >= 11 is 0. The van der Waals surface area contributed by atoms with Gasteiger partial charge in [-0.25, -0.2) is 0 Å². The van der Waals surface area contributed by atoms with E-state index in [-0.39, 0.29) is 6.42 Å². The summed E-state index contributed by atoms with van der Waals surface area (Å²) in [4.78, 5) is 22.2. The smallest absolute Gasteiger partial charge is 0.325 e. The Balaban J connectivity index is 2.79. The number of nitrogens with one attached hydrogen (secondary N) is 1. The Morgan fingerprint density at radius 1 is 1.53 bits per heavy atom. The molecule has 1 aromatic rings. The normalized spacial score (nSPS) is 11.3. The zero-order valence-electron chi connectivity index (χ0n) is 9.30. The van der Waals surface area contributed by atoms with Gasteiger partial charge in [0.25, 0.3) is 5.91 Å². The number of hydrogen-bond donors (Lipinski definition) is 2. The van der Waals surface area contributed by atoms with Crippen LogP contribution in [-0.2, 0) is 11.2 Å². The predicted octanol–water partition coefficient (Wildman–Crippen LogP) is 0.956. The molecule has 0 fully saturated rings. The van der Waals surface area contributed by atoms with Gasteiger partial charge >= 0.3 is 5.97 Å². The summed E-state index contributed by atoms with van der Waals surface area (Å²) < 4.78 is 0. The number of carboxylic acids is 1.